The molecule has 18 heavy (non-hydrogen) atoms. The summed E-state index contributed by atoms with van der Waals surface area (Å²) in [4.78, 5) is 11.7. The largest absolute Gasteiger partial charge is 0.354 e. The molecule has 0 saturated heterocycles. The van der Waals surface area contributed by atoms with Crippen molar-refractivity contribution < 1.29 is 4.79 Å². The summed E-state index contributed by atoms with van der Waals surface area (Å²) in [5, 5.41) is 2.98. The molecular formula is C13H27ClN2OS. The molecule has 0 heterocycles. The maximum absolute atomic E-state index is 11.7. The predicted molar refractivity (Wildman–Crippen MR) is 82.5 cm³/mol. The van der Waals surface area contributed by atoms with E-state index >= 15 is 0 Å². The zero-order valence-electron chi connectivity index (χ0n) is 11.8. The van der Waals surface area contributed by atoms with Crippen LogP contribution >= 0.6 is 24.2 Å². The lowest BCUT2D eigenvalue weighted by Crippen LogP contribution is -2.51. The van der Waals surface area contributed by atoms with E-state index in [9.17, 15) is 4.79 Å². The van der Waals surface area contributed by atoms with Gasteiger partial charge in [-0.3, -0.25) is 4.79 Å². The SMILES string of the molecule is CC(C)(C)SCC(=O)NCC1(N)CCCCC1.Cl. The van der Waals surface area contributed by atoms with Crippen LogP contribution in [0.5, 0.6) is 0 Å². The second-order valence-electron chi connectivity index (χ2n) is 6.10. The first-order valence-corrected chi connectivity index (χ1v) is 7.49. The highest BCUT2D eigenvalue weighted by Gasteiger charge is 2.27. The molecule has 1 aliphatic rings. The van der Waals surface area contributed by atoms with Crippen LogP contribution in [0, 0.1) is 0 Å². The van der Waals surface area contributed by atoms with Gasteiger partial charge >= 0.3 is 0 Å². The van der Waals surface area contributed by atoms with Crippen molar-refractivity contribution in [2.24, 2.45) is 5.73 Å². The summed E-state index contributed by atoms with van der Waals surface area (Å²) >= 11 is 1.67. The normalized spacial score (nSPS) is 18.9. The van der Waals surface area contributed by atoms with E-state index in [2.05, 4.69) is 26.1 Å². The molecular weight excluding hydrogens is 268 g/mol. The van der Waals surface area contributed by atoms with Crippen molar-refractivity contribution in [3.8, 4) is 0 Å². The Morgan fingerprint density at radius 3 is 2.33 bits per heavy atom. The van der Waals surface area contributed by atoms with Crippen LogP contribution in [0.3, 0.4) is 0 Å². The molecule has 0 atom stereocenters. The summed E-state index contributed by atoms with van der Waals surface area (Å²) < 4.78 is 0.141. The molecule has 0 aromatic heterocycles. The van der Waals surface area contributed by atoms with Gasteiger partial charge in [-0.25, -0.2) is 0 Å². The Hall–Kier alpha value is 0.0700. The zero-order chi connectivity index (χ0) is 12.9. The Balaban J connectivity index is 0.00000289. The van der Waals surface area contributed by atoms with Crippen molar-refractivity contribution in [1.29, 1.82) is 0 Å². The number of rotatable bonds is 4. The number of carbonyl (C=O) groups is 1. The van der Waals surface area contributed by atoms with E-state index in [0.717, 1.165) is 12.8 Å². The maximum atomic E-state index is 11.7. The van der Waals surface area contributed by atoms with Crippen LogP contribution in [0.1, 0.15) is 52.9 Å². The average Bonchev–Trinajstić information content (AvgIpc) is 2.24. The van der Waals surface area contributed by atoms with Crippen LogP contribution in [-0.4, -0.2) is 28.5 Å². The van der Waals surface area contributed by atoms with Crippen LogP contribution in [-0.2, 0) is 4.79 Å². The van der Waals surface area contributed by atoms with Crippen molar-refractivity contribution in [2.45, 2.75) is 63.2 Å². The molecule has 1 fully saturated rings. The molecule has 1 aliphatic carbocycles. The summed E-state index contributed by atoms with van der Waals surface area (Å²) in [6.45, 7) is 7.00. The first-order valence-electron chi connectivity index (χ1n) is 6.50. The molecule has 0 aromatic carbocycles. The highest BCUT2D eigenvalue weighted by molar-refractivity contribution is 8.01. The quantitative estimate of drug-likeness (QED) is 0.838. The van der Waals surface area contributed by atoms with E-state index in [0.29, 0.717) is 12.3 Å². The lowest BCUT2D eigenvalue weighted by molar-refractivity contribution is -0.118. The van der Waals surface area contributed by atoms with Crippen molar-refractivity contribution in [3.63, 3.8) is 0 Å². The number of amides is 1. The van der Waals surface area contributed by atoms with Gasteiger partial charge in [0.15, 0.2) is 0 Å². The summed E-state index contributed by atoms with van der Waals surface area (Å²) in [6.07, 6.45) is 5.76. The van der Waals surface area contributed by atoms with E-state index in [4.69, 9.17) is 5.73 Å². The number of thioether (sulfide) groups is 1. The van der Waals surface area contributed by atoms with Crippen molar-refractivity contribution in [3.05, 3.63) is 0 Å². The molecule has 108 valence electrons. The van der Waals surface area contributed by atoms with E-state index in [1.807, 2.05) is 0 Å². The Morgan fingerprint density at radius 2 is 1.83 bits per heavy atom. The molecule has 3 nitrogen and oxygen atoms in total. The topological polar surface area (TPSA) is 55.1 Å². The number of carbonyl (C=O) groups excluding carboxylic acids is 1. The van der Waals surface area contributed by atoms with Gasteiger partial charge in [0, 0.05) is 16.8 Å². The maximum Gasteiger partial charge on any atom is 0.230 e. The second-order valence-corrected chi connectivity index (χ2v) is 7.90. The van der Waals surface area contributed by atoms with E-state index < -0.39 is 0 Å². The smallest absolute Gasteiger partial charge is 0.230 e. The van der Waals surface area contributed by atoms with Gasteiger partial charge in [-0.2, -0.15) is 0 Å². The third kappa shape index (κ3) is 7.49. The Labute approximate surface area is 121 Å². The van der Waals surface area contributed by atoms with Crippen LogP contribution < -0.4 is 11.1 Å². The monoisotopic (exact) mass is 294 g/mol. The van der Waals surface area contributed by atoms with Gasteiger partial charge in [0.05, 0.1) is 5.75 Å². The van der Waals surface area contributed by atoms with E-state index in [1.165, 1.54) is 19.3 Å². The van der Waals surface area contributed by atoms with E-state index in [-0.39, 0.29) is 28.6 Å². The van der Waals surface area contributed by atoms with Gasteiger partial charge in [0.1, 0.15) is 0 Å². The van der Waals surface area contributed by atoms with Crippen molar-refractivity contribution in [1.82, 2.24) is 5.32 Å². The molecule has 0 bridgehead atoms. The molecule has 1 saturated carbocycles. The lowest BCUT2D eigenvalue weighted by Gasteiger charge is -2.33. The van der Waals surface area contributed by atoms with Crippen LogP contribution in [0.4, 0.5) is 0 Å². The van der Waals surface area contributed by atoms with Crippen molar-refractivity contribution in [2.75, 3.05) is 12.3 Å². The van der Waals surface area contributed by atoms with Gasteiger partial charge in [-0.05, 0) is 12.8 Å². The summed E-state index contributed by atoms with van der Waals surface area (Å²) in [7, 11) is 0. The van der Waals surface area contributed by atoms with Gasteiger partial charge in [-0.15, -0.1) is 24.2 Å². The minimum atomic E-state index is -0.152. The second kappa shape index (κ2) is 7.61. The first-order chi connectivity index (χ1) is 7.81. The average molecular weight is 295 g/mol. The molecule has 0 radical (unpaired) electrons. The third-order valence-electron chi connectivity index (χ3n) is 3.12. The fourth-order valence-corrected chi connectivity index (χ4v) is 2.71. The summed E-state index contributed by atoms with van der Waals surface area (Å²) in [5.41, 5.74) is 6.12. The summed E-state index contributed by atoms with van der Waals surface area (Å²) in [6, 6.07) is 0. The number of nitrogens with two attached hydrogens (primary N) is 1. The molecule has 3 N–H and O–H groups in total. The minimum Gasteiger partial charge on any atom is -0.354 e. The van der Waals surface area contributed by atoms with Crippen molar-refractivity contribution >= 4 is 30.1 Å². The fraction of sp³-hybridized carbons (Fsp3) is 0.923. The molecule has 0 aliphatic heterocycles. The number of halogens is 1. The lowest BCUT2D eigenvalue weighted by atomic mass is 9.82. The fourth-order valence-electron chi connectivity index (χ4n) is 2.04. The molecule has 0 unspecified atom stereocenters. The molecule has 1 rings (SSSR count). The Morgan fingerprint density at radius 1 is 1.28 bits per heavy atom. The van der Waals surface area contributed by atoms with Crippen LogP contribution in [0.15, 0.2) is 0 Å². The first kappa shape index (κ1) is 18.1. The van der Waals surface area contributed by atoms with Gasteiger partial charge < -0.3 is 11.1 Å². The highest BCUT2D eigenvalue weighted by atomic mass is 35.5. The Bertz CT molecular complexity index is 260. The highest BCUT2D eigenvalue weighted by Crippen LogP contribution is 2.25. The van der Waals surface area contributed by atoms with Gasteiger partial charge in [0.2, 0.25) is 5.91 Å². The molecule has 0 aromatic rings. The molecule has 0 spiro atoms. The zero-order valence-corrected chi connectivity index (χ0v) is 13.4. The third-order valence-corrected chi connectivity index (χ3v) is 4.40. The summed E-state index contributed by atoms with van der Waals surface area (Å²) in [5.74, 6) is 0.639. The molecule has 1 amide bonds. The number of hydrogen-bond donors (Lipinski definition) is 2. The predicted octanol–water partition coefficient (Wildman–Crippen LogP) is 2.72. The van der Waals surface area contributed by atoms with Gasteiger partial charge in [0.25, 0.3) is 0 Å². The minimum absolute atomic E-state index is 0. The number of nitrogens with one attached hydrogen (secondary N) is 1. The van der Waals surface area contributed by atoms with Gasteiger partial charge in [-0.1, -0.05) is 40.0 Å². The molecule has 5 heteroatoms. The van der Waals surface area contributed by atoms with Crippen LogP contribution in [0.2, 0.25) is 0 Å². The standard InChI is InChI=1S/C13H26N2OS.ClH/c1-12(2,3)17-9-11(16)15-10-13(14)7-5-4-6-8-13;/h4-10,14H2,1-3H3,(H,15,16);1H. The van der Waals surface area contributed by atoms with Crippen LogP contribution in [0.25, 0.3) is 0 Å². The van der Waals surface area contributed by atoms with E-state index in [1.54, 1.807) is 11.8 Å². The Kier molecular flexibility index (Phi) is 7.64. The number of hydrogen-bond acceptors (Lipinski definition) is 3.